The number of isothiocyanates is 1. The smallest absolute Gasteiger partial charge is 0.240 e. The molecule has 0 aliphatic heterocycles. The van der Waals surface area contributed by atoms with Gasteiger partial charge in [-0.05, 0) is 48.6 Å². The van der Waals surface area contributed by atoms with Crippen LogP contribution in [0.25, 0.3) is 0 Å². The van der Waals surface area contributed by atoms with Crippen molar-refractivity contribution in [2.75, 3.05) is 7.11 Å². The second kappa shape index (κ2) is 7.09. The van der Waals surface area contributed by atoms with Crippen LogP contribution in [-0.2, 0) is 14.6 Å². The van der Waals surface area contributed by atoms with E-state index in [2.05, 4.69) is 27.4 Å². The first kappa shape index (κ1) is 16.7. The van der Waals surface area contributed by atoms with Crippen LogP contribution in [0.2, 0.25) is 0 Å². The van der Waals surface area contributed by atoms with E-state index in [1.54, 1.807) is 0 Å². The summed E-state index contributed by atoms with van der Waals surface area (Å²) in [5.41, 5.74) is 0.753. The number of rotatable bonds is 5. The van der Waals surface area contributed by atoms with Gasteiger partial charge in [0.1, 0.15) is 10.6 Å². The Bertz CT molecular complexity index is 924. The van der Waals surface area contributed by atoms with Crippen LogP contribution >= 0.6 is 12.2 Å². The van der Waals surface area contributed by atoms with Crippen molar-refractivity contribution in [1.29, 1.82) is 0 Å². The van der Waals surface area contributed by atoms with Gasteiger partial charge < -0.3 is 4.74 Å². The van der Waals surface area contributed by atoms with Crippen molar-refractivity contribution in [3.8, 4) is 5.75 Å². The number of thiocarbonyl (C=S) groups is 1. The second-order valence-corrected chi connectivity index (χ2v) is 6.34. The highest BCUT2D eigenvalue weighted by Gasteiger charge is 2.22. The van der Waals surface area contributed by atoms with Gasteiger partial charge in [-0.15, -0.1) is 0 Å². The van der Waals surface area contributed by atoms with Crippen LogP contribution in [-0.4, -0.2) is 26.8 Å². The topological polar surface area (TPSA) is 85.2 Å². The number of methoxy groups -OCH3 is 1. The number of ether oxygens (including phenoxy) is 1. The molecule has 0 amide bonds. The molecule has 0 aromatic heterocycles. The van der Waals surface area contributed by atoms with Crippen molar-refractivity contribution in [3.63, 3.8) is 0 Å². The molecule has 0 aliphatic rings. The van der Waals surface area contributed by atoms with Crippen molar-refractivity contribution < 1.29 is 17.9 Å². The fourth-order valence-electron chi connectivity index (χ4n) is 1.88. The van der Waals surface area contributed by atoms with E-state index < -0.39 is 9.84 Å². The van der Waals surface area contributed by atoms with Crippen LogP contribution in [0, 0.1) is 0 Å². The zero-order chi connectivity index (χ0) is 16.9. The van der Waals surface area contributed by atoms with E-state index in [4.69, 9.17) is 4.74 Å². The van der Waals surface area contributed by atoms with Gasteiger partial charge in [-0.1, -0.05) is 0 Å². The molecule has 0 fully saturated rings. The predicted molar refractivity (Wildman–Crippen MR) is 87.4 cm³/mol. The summed E-state index contributed by atoms with van der Waals surface area (Å²) in [7, 11) is -2.44. The average Bonchev–Trinajstić information content (AvgIpc) is 2.55. The van der Waals surface area contributed by atoms with E-state index in [0.29, 0.717) is 11.4 Å². The third kappa shape index (κ3) is 3.59. The maximum absolute atomic E-state index is 12.7. The fourth-order valence-corrected chi connectivity index (χ4v) is 3.39. The summed E-state index contributed by atoms with van der Waals surface area (Å²) in [5, 5.41) is 2.20. The molecule has 0 bridgehead atoms. The summed E-state index contributed by atoms with van der Waals surface area (Å²) >= 11 is 4.52. The van der Waals surface area contributed by atoms with Crippen molar-refractivity contribution in [3.05, 3.63) is 42.5 Å². The van der Waals surface area contributed by atoms with Gasteiger partial charge in [0.25, 0.3) is 0 Å². The van der Waals surface area contributed by atoms with Crippen LogP contribution in [0.5, 0.6) is 5.75 Å². The normalized spacial score (nSPS) is 10.3. The Morgan fingerprint density at radius 1 is 1.04 bits per heavy atom. The molecule has 0 spiro atoms. The summed E-state index contributed by atoms with van der Waals surface area (Å²) in [5.74, 6) is 0.145. The summed E-state index contributed by atoms with van der Waals surface area (Å²) in [4.78, 5) is 17.4. The van der Waals surface area contributed by atoms with Gasteiger partial charge in [-0.2, -0.15) is 9.98 Å². The van der Waals surface area contributed by atoms with E-state index in [0.717, 1.165) is 0 Å². The third-order valence-corrected chi connectivity index (χ3v) is 4.83. The SMILES string of the molecule is COc1cc(N=C=S)ccc1S(=O)(=O)c1ccc(N=C=O)cc1. The lowest BCUT2D eigenvalue weighted by Crippen LogP contribution is -2.04. The highest BCUT2D eigenvalue weighted by atomic mass is 32.2. The molecule has 0 saturated heterocycles. The largest absolute Gasteiger partial charge is 0.495 e. The molecule has 0 N–H and O–H groups in total. The molecule has 116 valence electrons. The molecule has 8 heteroatoms. The molecular formula is C15H10N2O4S2. The van der Waals surface area contributed by atoms with Crippen LogP contribution in [0.15, 0.2) is 62.2 Å². The van der Waals surface area contributed by atoms with Crippen molar-refractivity contribution in [2.24, 2.45) is 9.98 Å². The van der Waals surface area contributed by atoms with E-state index in [-0.39, 0.29) is 15.5 Å². The first-order chi connectivity index (χ1) is 11.0. The molecule has 0 unspecified atom stereocenters. The molecule has 2 aromatic carbocycles. The molecule has 0 atom stereocenters. The Labute approximate surface area is 138 Å². The molecule has 2 aromatic rings. The number of carbonyl (C=O) groups excluding carboxylic acids is 1. The van der Waals surface area contributed by atoms with E-state index in [1.165, 1.54) is 55.7 Å². The first-order valence-corrected chi connectivity index (χ1v) is 8.11. The third-order valence-electron chi connectivity index (χ3n) is 2.93. The van der Waals surface area contributed by atoms with Gasteiger partial charge in [-0.25, -0.2) is 13.2 Å². The van der Waals surface area contributed by atoms with E-state index in [9.17, 15) is 13.2 Å². The van der Waals surface area contributed by atoms with Crippen LogP contribution in [0.4, 0.5) is 11.4 Å². The Balaban J connectivity index is 2.54. The van der Waals surface area contributed by atoms with Gasteiger partial charge in [0.2, 0.25) is 15.9 Å². The molecule has 6 nitrogen and oxygen atoms in total. The molecule has 0 heterocycles. The summed E-state index contributed by atoms with van der Waals surface area (Å²) in [6.45, 7) is 0. The molecule has 23 heavy (non-hydrogen) atoms. The minimum absolute atomic E-state index is 0.00467. The zero-order valence-electron chi connectivity index (χ0n) is 11.9. The first-order valence-electron chi connectivity index (χ1n) is 6.22. The minimum Gasteiger partial charge on any atom is -0.495 e. The Hall–Kier alpha value is -2.63. The number of isocyanates is 1. The Morgan fingerprint density at radius 2 is 1.70 bits per heavy atom. The van der Waals surface area contributed by atoms with Gasteiger partial charge in [0.15, 0.2) is 0 Å². The molecule has 0 aliphatic carbocycles. The highest BCUT2D eigenvalue weighted by molar-refractivity contribution is 7.91. The van der Waals surface area contributed by atoms with Gasteiger partial charge >= 0.3 is 0 Å². The van der Waals surface area contributed by atoms with Gasteiger partial charge in [-0.3, -0.25) is 0 Å². The lowest BCUT2D eigenvalue weighted by atomic mass is 10.3. The summed E-state index contributed by atoms with van der Waals surface area (Å²) in [6, 6.07) is 9.88. The average molecular weight is 346 g/mol. The molecule has 0 radical (unpaired) electrons. The van der Waals surface area contributed by atoms with E-state index >= 15 is 0 Å². The number of sulfone groups is 1. The van der Waals surface area contributed by atoms with Gasteiger partial charge in [0, 0.05) is 6.07 Å². The van der Waals surface area contributed by atoms with E-state index in [1.807, 2.05) is 0 Å². The van der Waals surface area contributed by atoms with Crippen molar-refractivity contribution in [1.82, 2.24) is 0 Å². The second-order valence-electron chi connectivity index (χ2n) is 4.24. The zero-order valence-corrected chi connectivity index (χ0v) is 13.5. The van der Waals surface area contributed by atoms with Crippen LogP contribution in [0.1, 0.15) is 0 Å². The predicted octanol–water partition coefficient (Wildman–Crippen LogP) is 3.23. The summed E-state index contributed by atoms with van der Waals surface area (Å²) < 4.78 is 30.5. The van der Waals surface area contributed by atoms with Crippen LogP contribution < -0.4 is 4.74 Å². The standard InChI is InChI=1S/C15H10N2O4S2/c1-21-14-8-12(17-10-22)4-7-15(14)23(19,20)13-5-2-11(3-6-13)16-9-18/h2-8H,1H3. The highest BCUT2D eigenvalue weighted by Crippen LogP contribution is 2.33. The lowest BCUT2D eigenvalue weighted by molar-refractivity contribution is 0.403. The number of nitrogens with zero attached hydrogens (tertiary/aromatic N) is 2. The summed E-state index contributed by atoms with van der Waals surface area (Å²) in [6.07, 6.45) is 1.39. The number of hydrogen-bond donors (Lipinski definition) is 0. The number of aliphatic imine (C=N–C) groups is 2. The number of benzene rings is 2. The Morgan fingerprint density at radius 3 is 2.26 bits per heavy atom. The quantitative estimate of drug-likeness (QED) is 0.471. The molecular weight excluding hydrogens is 336 g/mol. The maximum atomic E-state index is 12.7. The maximum Gasteiger partial charge on any atom is 0.240 e. The molecule has 0 saturated carbocycles. The Kier molecular flexibility index (Phi) is 5.16. The van der Waals surface area contributed by atoms with Crippen molar-refractivity contribution >= 4 is 44.7 Å². The molecule has 2 rings (SSSR count). The van der Waals surface area contributed by atoms with Crippen LogP contribution in [0.3, 0.4) is 0 Å². The minimum atomic E-state index is -3.80. The fraction of sp³-hybridized carbons (Fsp3) is 0.0667. The van der Waals surface area contributed by atoms with Gasteiger partial charge in [0.05, 0.1) is 28.5 Å². The lowest BCUT2D eigenvalue weighted by Gasteiger charge is -2.10. The monoisotopic (exact) mass is 346 g/mol. The number of hydrogen-bond acceptors (Lipinski definition) is 7. The van der Waals surface area contributed by atoms with Crippen molar-refractivity contribution in [2.45, 2.75) is 9.79 Å².